The quantitative estimate of drug-likeness (QED) is 0.408. The van der Waals surface area contributed by atoms with Crippen LogP contribution in [0.4, 0.5) is 0 Å². The Morgan fingerprint density at radius 2 is 2.04 bits per heavy atom. The van der Waals surface area contributed by atoms with Crippen molar-refractivity contribution in [3.05, 3.63) is 35.9 Å². The molecule has 1 amide bonds. The molecule has 1 fully saturated rings. The molecular weight excluding hydrogens is 451 g/mol. The van der Waals surface area contributed by atoms with Gasteiger partial charge in [-0.15, -0.1) is 24.0 Å². The van der Waals surface area contributed by atoms with Crippen LogP contribution in [0.15, 0.2) is 32.3 Å². The van der Waals surface area contributed by atoms with Crippen LogP contribution in [0.5, 0.6) is 0 Å². The summed E-state index contributed by atoms with van der Waals surface area (Å²) in [5.74, 6) is 2.17. The van der Waals surface area contributed by atoms with Gasteiger partial charge in [0.05, 0.1) is 6.26 Å². The van der Waals surface area contributed by atoms with E-state index in [1.807, 2.05) is 6.92 Å². The normalized spacial score (nSPS) is 14.9. The molecule has 2 aromatic rings. The lowest BCUT2D eigenvalue weighted by atomic mass is 10.3. The van der Waals surface area contributed by atoms with Gasteiger partial charge in [-0.2, -0.15) is 4.98 Å². The lowest BCUT2D eigenvalue weighted by molar-refractivity contribution is 0.0657. The Bertz CT molecular complexity index is 722. The number of piperazine rings is 1. The molecule has 0 unspecified atom stereocenters. The minimum absolute atomic E-state index is 0. The fourth-order valence-corrected chi connectivity index (χ4v) is 2.65. The fraction of sp³-hybridized carbons (Fsp3) is 0.500. The Morgan fingerprint density at radius 3 is 2.62 bits per heavy atom. The van der Waals surface area contributed by atoms with Crippen molar-refractivity contribution in [2.75, 3.05) is 32.7 Å². The first-order chi connectivity index (χ1) is 12.2. The van der Waals surface area contributed by atoms with Crippen molar-refractivity contribution < 1.29 is 13.7 Å². The van der Waals surface area contributed by atoms with E-state index in [4.69, 9.17) is 8.94 Å². The van der Waals surface area contributed by atoms with E-state index in [9.17, 15) is 4.79 Å². The number of rotatable bonds is 4. The summed E-state index contributed by atoms with van der Waals surface area (Å²) in [6.45, 7) is 7.51. The molecule has 1 aliphatic heterocycles. The number of aromatic nitrogens is 2. The Balaban J connectivity index is 0.00000243. The maximum atomic E-state index is 12.3. The van der Waals surface area contributed by atoms with Gasteiger partial charge in [0.2, 0.25) is 5.89 Å². The molecule has 0 bridgehead atoms. The highest BCUT2D eigenvalue weighted by molar-refractivity contribution is 14.0. The number of amides is 1. The van der Waals surface area contributed by atoms with Crippen molar-refractivity contribution in [2.45, 2.75) is 20.4 Å². The molecule has 26 heavy (non-hydrogen) atoms. The molecule has 1 aliphatic rings. The first kappa shape index (κ1) is 20.2. The van der Waals surface area contributed by atoms with Crippen LogP contribution in [0.1, 0.15) is 29.2 Å². The second-order valence-corrected chi connectivity index (χ2v) is 5.66. The van der Waals surface area contributed by atoms with Gasteiger partial charge in [0.25, 0.3) is 5.91 Å². The third kappa shape index (κ3) is 4.96. The van der Waals surface area contributed by atoms with E-state index in [0.29, 0.717) is 50.2 Å². The summed E-state index contributed by atoms with van der Waals surface area (Å²) < 4.78 is 10.1. The average molecular weight is 474 g/mol. The second-order valence-electron chi connectivity index (χ2n) is 5.66. The van der Waals surface area contributed by atoms with Crippen molar-refractivity contribution in [2.24, 2.45) is 4.99 Å². The second kappa shape index (κ2) is 9.55. The van der Waals surface area contributed by atoms with Crippen molar-refractivity contribution in [3.63, 3.8) is 0 Å². The van der Waals surface area contributed by atoms with E-state index in [0.717, 1.165) is 12.5 Å². The van der Waals surface area contributed by atoms with Gasteiger partial charge in [-0.1, -0.05) is 5.16 Å². The van der Waals surface area contributed by atoms with Gasteiger partial charge >= 0.3 is 0 Å². The summed E-state index contributed by atoms with van der Waals surface area (Å²) in [6.07, 6.45) is 1.51. The maximum Gasteiger partial charge on any atom is 0.289 e. The average Bonchev–Trinajstić information content (AvgIpc) is 3.30. The molecule has 2 aromatic heterocycles. The van der Waals surface area contributed by atoms with Crippen molar-refractivity contribution in [1.29, 1.82) is 0 Å². The smallest absolute Gasteiger partial charge is 0.289 e. The molecule has 0 spiro atoms. The topological polar surface area (TPSA) is 100 Å². The minimum atomic E-state index is -0.0751. The Kier molecular flexibility index (Phi) is 7.42. The van der Waals surface area contributed by atoms with Crippen LogP contribution in [0.25, 0.3) is 0 Å². The number of halogens is 1. The Labute approximate surface area is 168 Å². The van der Waals surface area contributed by atoms with Gasteiger partial charge in [-0.3, -0.25) is 4.79 Å². The molecule has 10 heteroatoms. The Hall–Kier alpha value is -2.11. The van der Waals surface area contributed by atoms with E-state index in [2.05, 4.69) is 25.3 Å². The van der Waals surface area contributed by atoms with E-state index in [-0.39, 0.29) is 29.9 Å². The third-order valence-corrected chi connectivity index (χ3v) is 3.87. The number of hydrogen-bond acceptors (Lipinski definition) is 6. The van der Waals surface area contributed by atoms with Crippen molar-refractivity contribution in [1.82, 2.24) is 25.3 Å². The van der Waals surface area contributed by atoms with Gasteiger partial charge in [-0.25, -0.2) is 4.99 Å². The lowest BCUT2D eigenvalue weighted by Crippen LogP contribution is -2.53. The predicted molar refractivity (Wildman–Crippen MR) is 105 cm³/mol. The Morgan fingerprint density at radius 1 is 1.31 bits per heavy atom. The fourth-order valence-electron chi connectivity index (χ4n) is 2.65. The molecule has 3 heterocycles. The number of guanidine groups is 1. The van der Waals surface area contributed by atoms with Crippen LogP contribution in [0, 0.1) is 6.92 Å². The highest BCUT2D eigenvalue weighted by atomic mass is 127. The number of nitrogens with zero attached hydrogens (tertiary/aromatic N) is 5. The highest BCUT2D eigenvalue weighted by Crippen LogP contribution is 2.10. The zero-order chi connectivity index (χ0) is 17.6. The van der Waals surface area contributed by atoms with E-state index in [1.165, 1.54) is 6.26 Å². The monoisotopic (exact) mass is 474 g/mol. The summed E-state index contributed by atoms with van der Waals surface area (Å²) >= 11 is 0. The number of nitrogens with one attached hydrogen (secondary N) is 1. The molecular formula is C16H23IN6O3. The van der Waals surface area contributed by atoms with Crippen LogP contribution in [-0.2, 0) is 6.54 Å². The standard InChI is InChI=1S/C16H22N6O3.HI/c1-3-17-16(18-11-14-19-12(2)25-20-14)22-8-6-21(7-9-22)15(23)13-5-4-10-24-13;/h4-5,10H,3,6-9,11H2,1-2H3,(H,17,18);1H. The number of hydrogen-bond donors (Lipinski definition) is 1. The number of carbonyl (C=O) groups is 1. The molecule has 1 N–H and O–H groups in total. The highest BCUT2D eigenvalue weighted by Gasteiger charge is 2.25. The van der Waals surface area contributed by atoms with Gasteiger partial charge in [0.1, 0.15) is 6.54 Å². The summed E-state index contributed by atoms with van der Waals surface area (Å²) in [7, 11) is 0. The van der Waals surface area contributed by atoms with Crippen LogP contribution >= 0.6 is 24.0 Å². The summed E-state index contributed by atoms with van der Waals surface area (Å²) in [5, 5.41) is 7.12. The number of carbonyl (C=O) groups excluding carboxylic acids is 1. The van der Waals surface area contributed by atoms with E-state index < -0.39 is 0 Å². The van der Waals surface area contributed by atoms with Crippen molar-refractivity contribution >= 4 is 35.8 Å². The zero-order valence-corrected chi connectivity index (χ0v) is 17.2. The molecule has 0 aliphatic carbocycles. The third-order valence-electron chi connectivity index (χ3n) is 3.87. The first-order valence-electron chi connectivity index (χ1n) is 8.32. The zero-order valence-electron chi connectivity index (χ0n) is 14.8. The van der Waals surface area contributed by atoms with Crippen LogP contribution in [0.3, 0.4) is 0 Å². The van der Waals surface area contributed by atoms with E-state index in [1.54, 1.807) is 24.0 Å². The number of furan rings is 1. The largest absolute Gasteiger partial charge is 0.459 e. The molecule has 1 saturated heterocycles. The number of aliphatic imine (C=N–C) groups is 1. The summed E-state index contributed by atoms with van der Waals surface area (Å²) in [5.41, 5.74) is 0. The predicted octanol–water partition coefficient (Wildman–Crippen LogP) is 1.51. The molecule has 3 rings (SSSR count). The van der Waals surface area contributed by atoms with Gasteiger partial charge in [0, 0.05) is 39.6 Å². The van der Waals surface area contributed by atoms with Gasteiger partial charge < -0.3 is 24.1 Å². The maximum absolute atomic E-state index is 12.3. The number of aryl methyl sites for hydroxylation is 1. The molecule has 0 radical (unpaired) electrons. The molecule has 0 saturated carbocycles. The molecule has 142 valence electrons. The van der Waals surface area contributed by atoms with E-state index >= 15 is 0 Å². The van der Waals surface area contributed by atoms with Crippen LogP contribution < -0.4 is 5.32 Å². The summed E-state index contributed by atoms with van der Waals surface area (Å²) in [4.78, 5) is 25.0. The lowest BCUT2D eigenvalue weighted by Gasteiger charge is -2.36. The SMILES string of the molecule is CCNC(=NCc1noc(C)n1)N1CCN(C(=O)c2ccco2)CC1.I. The van der Waals surface area contributed by atoms with Crippen LogP contribution in [-0.4, -0.2) is 64.5 Å². The van der Waals surface area contributed by atoms with Crippen molar-refractivity contribution in [3.8, 4) is 0 Å². The first-order valence-corrected chi connectivity index (χ1v) is 8.32. The van der Waals surface area contributed by atoms with Gasteiger partial charge in [0.15, 0.2) is 17.5 Å². The minimum Gasteiger partial charge on any atom is -0.459 e. The molecule has 0 aromatic carbocycles. The summed E-state index contributed by atoms with van der Waals surface area (Å²) in [6, 6.07) is 3.41. The molecule has 0 atom stereocenters. The molecule has 9 nitrogen and oxygen atoms in total. The van der Waals surface area contributed by atoms with Crippen LogP contribution in [0.2, 0.25) is 0 Å². The van der Waals surface area contributed by atoms with Gasteiger partial charge in [-0.05, 0) is 19.1 Å².